The third-order valence-electron chi connectivity index (χ3n) is 8.84. The predicted molar refractivity (Wildman–Crippen MR) is 192 cm³/mol. The van der Waals surface area contributed by atoms with Crippen molar-refractivity contribution in [3.63, 3.8) is 0 Å². The van der Waals surface area contributed by atoms with E-state index in [4.69, 9.17) is 0 Å². The third-order valence-corrected chi connectivity index (χ3v) is 9.97. The maximum atomic E-state index is 2.40. The van der Waals surface area contributed by atoms with Crippen LogP contribution in [0.4, 0.5) is 17.1 Å². The first kappa shape index (κ1) is 25.1. The summed E-state index contributed by atoms with van der Waals surface area (Å²) in [6, 6.07) is 59.7. The summed E-state index contributed by atoms with van der Waals surface area (Å²) in [6.45, 7) is 0. The number of fused-ring (bicyclic) bond motifs is 8. The molecule has 44 heavy (non-hydrogen) atoms. The first-order chi connectivity index (χ1) is 21.8. The Balaban J connectivity index is 1.23. The van der Waals surface area contributed by atoms with Gasteiger partial charge in [-0.1, -0.05) is 121 Å². The summed E-state index contributed by atoms with van der Waals surface area (Å²) in [5, 5.41) is 10.3. The fraction of sp³-hybridized carbons (Fsp3) is 0. The van der Waals surface area contributed by atoms with Gasteiger partial charge in [0, 0.05) is 31.5 Å². The molecule has 0 atom stereocenters. The maximum Gasteiger partial charge on any atom is 0.0554 e. The number of rotatable bonds is 4. The highest BCUT2D eigenvalue weighted by atomic mass is 32.1. The summed E-state index contributed by atoms with van der Waals surface area (Å²) < 4.78 is 2.62. The number of benzene rings is 8. The van der Waals surface area contributed by atoms with Gasteiger partial charge in [-0.05, 0) is 85.9 Å². The number of nitrogens with zero attached hydrogens (tertiary/aromatic N) is 1. The van der Waals surface area contributed by atoms with Gasteiger partial charge < -0.3 is 4.90 Å². The lowest BCUT2D eigenvalue weighted by atomic mass is 9.91. The Labute approximate surface area is 259 Å². The van der Waals surface area contributed by atoms with Crippen molar-refractivity contribution < 1.29 is 0 Å². The number of para-hydroxylation sites is 1. The molecule has 0 saturated heterocycles. The van der Waals surface area contributed by atoms with E-state index in [9.17, 15) is 0 Å². The normalized spacial score (nSPS) is 11.6. The summed E-state index contributed by atoms with van der Waals surface area (Å²) >= 11 is 1.86. The lowest BCUT2D eigenvalue weighted by Gasteiger charge is -2.26. The van der Waals surface area contributed by atoms with Crippen LogP contribution in [0.5, 0.6) is 0 Å². The van der Waals surface area contributed by atoms with Crippen molar-refractivity contribution in [3.8, 4) is 11.1 Å². The number of anilines is 3. The van der Waals surface area contributed by atoms with E-state index in [1.54, 1.807) is 0 Å². The molecule has 0 amide bonds. The highest BCUT2D eigenvalue weighted by Crippen LogP contribution is 2.45. The van der Waals surface area contributed by atoms with Crippen LogP contribution in [0.3, 0.4) is 0 Å². The Morgan fingerprint density at radius 3 is 1.91 bits per heavy atom. The van der Waals surface area contributed by atoms with Crippen molar-refractivity contribution >= 4 is 80.9 Å². The molecule has 1 heterocycles. The number of hydrogen-bond donors (Lipinski definition) is 0. The quantitative estimate of drug-likeness (QED) is 0.188. The minimum absolute atomic E-state index is 1.14. The topological polar surface area (TPSA) is 3.24 Å². The standard InChI is InChI=1S/C42H27NS/c1-2-12-31(13-3-1)43(38-17-9-19-40-42(38)37-15-6-7-18-39(37)44-40)32-24-20-29(21-25-32)34-16-8-11-30-23-26-35-33-14-5-4-10-28(33)22-27-36(35)41(30)34/h1-27H. The van der Waals surface area contributed by atoms with E-state index in [1.165, 1.54) is 69.3 Å². The lowest BCUT2D eigenvalue weighted by molar-refractivity contribution is 1.30. The highest BCUT2D eigenvalue weighted by molar-refractivity contribution is 7.26. The molecule has 0 aliphatic heterocycles. The second-order valence-electron chi connectivity index (χ2n) is 11.3. The van der Waals surface area contributed by atoms with E-state index in [-0.39, 0.29) is 0 Å². The summed E-state index contributed by atoms with van der Waals surface area (Å²) in [5.41, 5.74) is 5.95. The first-order valence-corrected chi connectivity index (χ1v) is 15.8. The summed E-state index contributed by atoms with van der Waals surface area (Å²) in [7, 11) is 0. The molecule has 2 heteroatoms. The van der Waals surface area contributed by atoms with Crippen LogP contribution in [-0.4, -0.2) is 0 Å². The lowest BCUT2D eigenvalue weighted by Crippen LogP contribution is -2.10. The molecule has 1 aromatic heterocycles. The molecule has 0 fully saturated rings. The van der Waals surface area contributed by atoms with Gasteiger partial charge in [0.05, 0.1) is 5.69 Å². The fourth-order valence-electron chi connectivity index (χ4n) is 6.85. The van der Waals surface area contributed by atoms with Crippen LogP contribution in [0.2, 0.25) is 0 Å². The Bertz CT molecular complexity index is 2490. The monoisotopic (exact) mass is 577 g/mol. The molecule has 0 aliphatic carbocycles. The average molecular weight is 578 g/mol. The van der Waals surface area contributed by atoms with E-state index in [0.717, 1.165) is 11.4 Å². The second-order valence-corrected chi connectivity index (χ2v) is 12.4. The smallest absolute Gasteiger partial charge is 0.0554 e. The molecule has 0 spiro atoms. The van der Waals surface area contributed by atoms with E-state index in [0.29, 0.717) is 0 Å². The Kier molecular flexibility index (Phi) is 5.75. The molecule has 0 unspecified atom stereocenters. The van der Waals surface area contributed by atoms with E-state index in [1.807, 2.05) is 11.3 Å². The summed E-state index contributed by atoms with van der Waals surface area (Å²) in [4.78, 5) is 2.40. The average Bonchev–Trinajstić information content (AvgIpc) is 3.48. The van der Waals surface area contributed by atoms with Crippen molar-refractivity contribution in [2.45, 2.75) is 0 Å². The Hall–Kier alpha value is -5.44. The zero-order valence-electron chi connectivity index (χ0n) is 23.9. The van der Waals surface area contributed by atoms with Gasteiger partial charge in [-0.2, -0.15) is 0 Å². The molecule has 9 aromatic rings. The van der Waals surface area contributed by atoms with Crippen molar-refractivity contribution in [1.82, 2.24) is 0 Å². The zero-order valence-corrected chi connectivity index (χ0v) is 24.8. The van der Waals surface area contributed by atoms with Gasteiger partial charge in [0.2, 0.25) is 0 Å². The third kappa shape index (κ3) is 3.92. The number of thiophene rings is 1. The van der Waals surface area contributed by atoms with Crippen LogP contribution in [0.25, 0.3) is 63.6 Å². The molecule has 0 aliphatic rings. The van der Waals surface area contributed by atoms with Crippen molar-refractivity contribution in [2.24, 2.45) is 0 Å². The zero-order chi connectivity index (χ0) is 29.0. The van der Waals surface area contributed by atoms with Gasteiger partial charge >= 0.3 is 0 Å². The minimum Gasteiger partial charge on any atom is -0.310 e. The minimum atomic E-state index is 1.14. The molecule has 1 nitrogen and oxygen atoms in total. The van der Waals surface area contributed by atoms with Gasteiger partial charge in [0.25, 0.3) is 0 Å². The Morgan fingerprint density at radius 2 is 1.02 bits per heavy atom. The van der Waals surface area contributed by atoms with E-state index >= 15 is 0 Å². The molecule has 206 valence electrons. The van der Waals surface area contributed by atoms with Gasteiger partial charge in [0.1, 0.15) is 0 Å². The van der Waals surface area contributed by atoms with Crippen LogP contribution in [0.15, 0.2) is 164 Å². The van der Waals surface area contributed by atoms with Crippen LogP contribution >= 0.6 is 11.3 Å². The van der Waals surface area contributed by atoms with Crippen molar-refractivity contribution in [1.29, 1.82) is 0 Å². The van der Waals surface area contributed by atoms with Crippen LogP contribution in [0, 0.1) is 0 Å². The molecule has 0 N–H and O–H groups in total. The number of hydrogen-bond acceptors (Lipinski definition) is 2. The first-order valence-electron chi connectivity index (χ1n) is 15.0. The van der Waals surface area contributed by atoms with E-state index < -0.39 is 0 Å². The van der Waals surface area contributed by atoms with Crippen LogP contribution < -0.4 is 4.90 Å². The molecular weight excluding hydrogens is 551 g/mol. The van der Waals surface area contributed by atoms with Gasteiger partial charge in [-0.25, -0.2) is 0 Å². The van der Waals surface area contributed by atoms with E-state index in [2.05, 4.69) is 169 Å². The SMILES string of the molecule is c1ccc(N(c2ccc(-c3cccc4ccc5c6ccccc6ccc5c34)cc2)c2cccc3sc4ccccc4c23)cc1. The van der Waals surface area contributed by atoms with Gasteiger partial charge in [-0.15, -0.1) is 11.3 Å². The fourth-order valence-corrected chi connectivity index (χ4v) is 7.98. The predicted octanol–water partition coefficient (Wildman–Crippen LogP) is 12.7. The molecule has 0 radical (unpaired) electrons. The van der Waals surface area contributed by atoms with Gasteiger partial charge in [-0.3, -0.25) is 0 Å². The summed E-state index contributed by atoms with van der Waals surface area (Å²) in [6.07, 6.45) is 0. The second kappa shape index (κ2) is 10.1. The van der Waals surface area contributed by atoms with Gasteiger partial charge in [0.15, 0.2) is 0 Å². The maximum absolute atomic E-state index is 2.40. The Morgan fingerprint density at radius 1 is 0.364 bits per heavy atom. The molecule has 0 bridgehead atoms. The molecular formula is C42H27NS. The van der Waals surface area contributed by atoms with Crippen molar-refractivity contribution in [3.05, 3.63) is 164 Å². The van der Waals surface area contributed by atoms with Crippen LogP contribution in [-0.2, 0) is 0 Å². The molecule has 8 aromatic carbocycles. The van der Waals surface area contributed by atoms with Crippen LogP contribution in [0.1, 0.15) is 0 Å². The molecule has 9 rings (SSSR count). The van der Waals surface area contributed by atoms with Crippen molar-refractivity contribution in [2.75, 3.05) is 4.90 Å². The largest absolute Gasteiger partial charge is 0.310 e. The summed E-state index contributed by atoms with van der Waals surface area (Å²) in [5.74, 6) is 0. The molecule has 0 saturated carbocycles. The highest BCUT2D eigenvalue weighted by Gasteiger charge is 2.18.